The minimum atomic E-state index is -0.0732. The summed E-state index contributed by atoms with van der Waals surface area (Å²) in [6.07, 6.45) is 6.00. The molecule has 0 fully saturated rings. The molecule has 0 bridgehead atoms. The highest BCUT2D eigenvalue weighted by Crippen LogP contribution is 2.23. The maximum absolute atomic E-state index is 12.8. The first-order valence-electron chi connectivity index (χ1n) is 9.61. The van der Waals surface area contributed by atoms with E-state index >= 15 is 0 Å². The Morgan fingerprint density at radius 1 is 1.18 bits per heavy atom. The number of aryl methyl sites for hydroxylation is 1. The van der Waals surface area contributed by atoms with Gasteiger partial charge in [-0.2, -0.15) is 0 Å². The van der Waals surface area contributed by atoms with Gasteiger partial charge < -0.3 is 14.6 Å². The van der Waals surface area contributed by atoms with E-state index in [2.05, 4.69) is 15.3 Å². The summed E-state index contributed by atoms with van der Waals surface area (Å²) in [6.45, 7) is 1.74. The predicted molar refractivity (Wildman–Crippen MR) is 103 cm³/mol. The quantitative estimate of drug-likeness (QED) is 0.759. The molecule has 142 valence electrons. The molecule has 3 aromatic rings. The maximum Gasteiger partial charge on any atom is 0.269 e. The fourth-order valence-electron chi connectivity index (χ4n) is 3.90. The summed E-state index contributed by atoms with van der Waals surface area (Å²) in [5.74, 6) is 1.50. The monoisotopic (exact) mass is 375 g/mol. The van der Waals surface area contributed by atoms with Crippen LogP contribution in [0.25, 0.3) is 11.4 Å². The zero-order valence-corrected chi connectivity index (χ0v) is 15.5. The number of carbonyl (C=O) groups excluding carboxylic acids is 1. The van der Waals surface area contributed by atoms with Gasteiger partial charge in [0.05, 0.1) is 12.8 Å². The van der Waals surface area contributed by atoms with Crippen molar-refractivity contribution < 1.29 is 9.53 Å². The lowest BCUT2D eigenvalue weighted by Crippen LogP contribution is -2.40. The first-order chi connectivity index (χ1) is 13.8. The fraction of sp³-hybridized carbons (Fsp3) is 0.333. The number of nitrogens with zero attached hydrogens (tertiary/aromatic N) is 4. The van der Waals surface area contributed by atoms with Crippen LogP contribution in [0.2, 0.25) is 0 Å². The van der Waals surface area contributed by atoms with Crippen molar-refractivity contribution in [3.63, 3.8) is 0 Å². The highest BCUT2D eigenvalue weighted by atomic mass is 16.5. The molecular weight excluding hydrogens is 354 g/mol. The van der Waals surface area contributed by atoms with Crippen LogP contribution in [-0.4, -0.2) is 38.1 Å². The van der Waals surface area contributed by atoms with Crippen LogP contribution < -0.4 is 5.32 Å². The van der Waals surface area contributed by atoms with Crippen molar-refractivity contribution in [1.82, 2.24) is 24.8 Å². The van der Waals surface area contributed by atoms with Gasteiger partial charge in [0.15, 0.2) is 5.82 Å². The smallest absolute Gasteiger partial charge is 0.269 e. The van der Waals surface area contributed by atoms with Crippen LogP contribution >= 0.6 is 0 Å². The normalized spacial score (nSPS) is 18.2. The van der Waals surface area contributed by atoms with Crippen molar-refractivity contribution in [3.05, 3.63) is 65.5 Å². The number of hydrogen-bond acceptors (Lipinski definition) is 5. The number of rotatable bonds is 3. The lowest BCUT2D eigenvalue weighted by Gasteiger charge is -2.25. The fourth-order valence-corrected chi connectivity index (χ4v) is 3.90. The number of fused-ring (bicyclic) bond motifs is 2. The van der Waals surface area contributed by atoms with Gasteiger partial charge in [-0.3, -0.25) is 4.79 Å². The summed E-state index contributed by atoms with van der Waals surface area (Å²) in [5, 5.41) is 3.16. The number of carbonyl (C=O) groups is 1. The largest absolute Gasteiger partial charge is 0.372 e. The van der Waals surface area contributed by atoms with Crippen LogP contribution in [0.4, 0.5) is 0 Å². The van der Waals surface area contributed by atoms with Gasteiger partial charge in [-0.15, -0.1) is 0 Å². The molecule has 0 radical (unpaired) electrons. The Kier molecular flexibility index (Phi) is 4.37. The molecule has 1 aromatic carbocycles. The molecular formula is C21H21N5O2. The number of ether oxygens (including phenoxy) is 1. The highest BCUT2D eigenvalue weighted by Gasteiger charge is 2.25. The van der Waals surface area contributed by atoms with Gasteiger partial charge in [-0.1, -0.05) is 30.3 Å². The molecule has 0 spiro atoms. The Bertz CT molecular complexity index is 1010. The average molecular weight is 375 g/mol. The highest BCUT2D eigenvalue weighted by molar-refractivity contribution is 5.92. The van der Waals surface area contributed by atoms with Crippen LogP contribution in [-0.2, 0) is 30.7 Å². The summed E-state index contributed by atoms with van der Waals surface area (Å²) >= 11 is 0. The number of benzene rings is 1. The van der Waals surface area contributed by atoms with Crippen molar-refractivity contribution in [2.75, 3.05) is 6.61 Å². The topological polar surface area (TPSA) is 81.9 Å². The number of amides is 1. The van der Waals surface area contributed by atoms with Crippen molar-refractivity contribution in [2.24, 2.45) is 0 Å². The molecule has 7 heteroatoms. The van der Waals surface area contributed by atoms with E-state index in [0.717, 1.165) is 47.7 Å². The molecule has 7 nitrogen and oxygen atoms in total. The summed E-state index contributed by atoms with van der Waals surface area (Å²) in [4.78, 5) is 26.3. The van der Waals surface area contributed by atoms with Gasteiger partial charge in [-0.05, 0) is 24.8 Å². The third-order valence-corrected chi connectivity index (χ3v) is 5.38. The van der Waals surface area contributed by atoms with E-state index in [4.69, 9.17) is 9.72 Å². The summed E-state index contributed by atoms with van der Waals surface area (Å²) in [5.41, 5.74) is 3.83. The van der Waals surface area contributed by atoms with Gasteiger partial charge in [0, 0.05) is 30.0 Å². The second kappa shape index (κ2) is 7.16. The molecule has 1 aliphatic heterocycles. The lowest BCUT2D eigenvalue weighted by molar-refractivity contribution is 0.0774. The van der Waals surface area contributed by atoms with E-state index in [-0.39, 0.29) is 11.9 Å². The number of imidazole rings is 1. The standard InChI is InChI=1S/C21H21N5O2/c27-21(18-12-22-19-13-28-9-8-26(18)19)24-16-6-7-17-15(10-16)11-23-20(25-17)14-4-2-1-3-5-14/h1-5,11-12,16H,6-10,13H2,(H,24,27). The van der Waals surface area contributed by atoms with Crippen molar-refractivity contribution >= 4 is 5.91 Å². The molecule has 1 atom stereocenters. The van der Waals surface area contributed by atoms with Crippen LogP contribution in [0.15, 0.2) is 42.7 Å². The molecule has 2 aromatic heterocycles. The van der Waals surface area contributed by atoms with Crippen LogP contribution in [0.3, 0.4) is 0 Å². The van der Waals surface area contributed by atoms with Gasteiger partial charge in [0.25, 0.3) is 5.91 Å². The average Bonchev–Trinajstić information content (AvgIpc) is 3.18. The number of nitrogens with one attached hydrogen (secondary N) is 1. The van der Waals surface area contributed by atoms with Crippen LogP contribution in [0.5, 0.6) is 0 Å². The molecule has 3 heterocycles. The molecule has 0 saturated heterocycles. The molecule has 2 aliphatic rings. The van der Waals surface area contributed by atoms with Crippen molar-refractivity contribution in [3.8, 4) is 11.4 Å². The third kappa shape index (κ3) is 3.18. The Morgan fingerprint density at radius 2 is 2.07 bits per heavy atom. The van der Waals surface area contributed by atoms with Gasteiger partial charge >= 0.3 is 0 Å². The summed E-state index contributed by atoms with van der Waals surface area (Å²) in [7, 11) is 0. The lowest BCUT2D eigenvalue weighted by atomic mass is 9.92. The molecule has 1 N–H and O–H groups in total. The van der Waals surface area contributed by atoms with E-state index in [0.29, 0.717) is 25.5 Å². The molecule has 1 unspecified atom stereocenters. The minimum absolute atomic E-state index is 0.0732. The Morgan fingerprint density at radius 3 is 2.96 bits per heavy atom. The van der Waals surface area contributed by atoms with E-state index < -0.39 is 0 Å². The predicted octanol–water partition coefficient (Wildman–Crippen LogP) is 2.16. The first-order valence-corrected chi connectivity index (χ1v) is 9.61. The van der Waals surface area contributed by atoms with E-state index in [1.807, 2.05) is 41.1 Å². The van der Waals surface area contributed by atoms with Crippen LogP contribution in [0.1, 0.15) is 34.0 Å². The number of aromatic nitrogens is 4. The minimum Gasteiger partial charge on any atom is -0.372 e. The SMILES string of the molecule is O=C(NC1CCc2nc(-c3ccccc3)ncc2C1)c1cnc2n1CCOC2. The molecule has 0 saturated carbocycles. The third-order valence-electron chi connectivity index (χ3n) is 5.38. The molecule has 5 rings (SSSR count). The second-order valence-corrected chi connectivity index (χ2v) is 7.21. The first kappa shape index (κ1) is 17.1. The Labute approximate surface area is 162 Å². The van der Waals surface area contributed by atoms with Gasteiger partial charge in [0.1, 0.15) is 18.1 Å². The summed E-state index contributed by atoms with van der Waals surface area (Å²) in [6, 6.07) is 10.1. The number of hydrogen-bond donors (Lipinski definition) is 1. The zero-order chi connectivity index (χ0) is 18.9. The van der Waals surface area contributed by atoms with E-state index in [1.54, 1.807) is 6.20 Å². The molecule has 1 amide bonds. The van der Waals surface area contributed by atoms with Gasteiger partial charge in [-0.25, -0.2) is 15.0 Å². The Hall–Kier alpha value is -3.06. The summed E-state index contributed by atoms with van der Waals surface area (Å²) < 4.78 is 7.34. The van der Waals surface area contributed by atoms with E-state index in [1.165, 1.54) is 0 Å². The maximum atomic E-state index is 12.8. The Balaban J connectivity index is 1.30. The van der Waals surface area contributed by atoms with Crippen molar-refractivity contribution in [1.29, 1.82) is 0 Å². The second-order valence-electron chi connectivity index (χ2n) is 7.21. The zero-order valence-electron chi connectivity index (χ0n) is 15.5. The molecule has 28 heavy (non-hydrogen) atoms. The van der Waals surface area contributed by atoms with Crippen LogP contribution in [0, 0.1) is 0 Å². The van der Waals surface area contributed by atoms with Crippen molar-refractivity contribution in [2.45, 2.75) is 38.5 Å². The van der Waals surface area contributed by atoms with Gasteiger partial charge in [0.2, 0.25) is 0 Å². The van der Waals surface area contributed by atoms with E-state index in [9.17, 15) is 4.79 Å². The molecule has 1 aliphatic carbocycles.